The van der Waals surface area contributed by atoms with Crippen LogP contribution in [0.2, 0.25) is 0 Å². The third-order valence-electron chi connectivity index (χ3n) is 13.1. The molecule has 0 nitrogen and oxygen atoms in total. The van der Waals surface area contributed by atoms with Gasteiger partial charge in [-0.3, -0.25) is 0 Å². The summed E-state index contributed by atoms with van der Waals surface area (Å²) in [6, 6.07) is 55.8. The van der Waals surface area contributed by atoms with Crippen LogP contribution in [0.15, 0.2) is 157 Å². The Hall–Kier alpha value is -4.76. The quantitative estimate of drug-likeness (QED) is 0.135. The van der Waals surface area contributed by atoms with Crippen LogP contribution in [0.4, 0.5) is 0 Å². The Balaban J connectivity index is 1.39. The third kappa shape index (κ3) is 2.60. The van der Waals surface area contributed by atoms with Crippen LogP contribution in [0.1, 0.15) is 67.5 Å². The van der Waals surface area contributed by atoms with Gasteiger partial charge in [0, 0.05) is 16.3 Å². The Morgan fingerprint density at radius 3 is 1.72 bits per heavy atom. The smallest absolute Gasteiger partial charge is 0.0731 e. The maximum atomic E-state index is 4.92. The molecule has 50 heavy (non-hydrogen) atoms. The molecular weight excluding hydrogens is 736 g/mol. The number of alkyl halides is 1. The first kappa shape index (κ1) is 27.0. The number of benzene rings is 7. The fourth-order valence-corrected chi connectivity index (χ4v) is 13.9. The highest BCUT2D eigenvalue weighted by atomic mass is 79.9. The normalized spacial score (nSPS) is 24.6. The predicted octanol–water partition coefficient (Wildman–Crippen LogP) is 12.6. The molecular formula is C48H26Br2. The standard InChI is InChI=1S/C48H26Br2/c49-46-33-21-9-11-23-35(33)47-34-22-10-7-19-31(34)38-27-15-3-6-18-30(27)41(43(38)45(46)47)40-29-17-5-2-14-26(29)37-25-13-1-4-16-28(25)39-32-20-8-12-24-36(32)48(47,50)44(39)42(37)40/h1-24,40-41H. The van der Waals surface area contributed by atoms with Crippen molar-refractivity contribution in [2.45, 2.75) is 21.6 Å². The van der Waals surface area contributed by atoms with Crippen LogP contribution in [-0.4, -0.2) is 0 Å². The van der Waals surface area contributed by atoms with Crippen molar-refractivity contribution in [3.05, 3.63) is 212 Å². The van der Waals surface area contributed by atoms with E-state index in [0.29, 0.717) is 0 Å². The van der Waals surface area contributed by atoms with Crippen LogP contribution in [-0.2, 0) is 9.74 Å². The summed E-state index contributed by atoms with van der Waals surface area (Å²) in [4.78, 5) is 0. The Bertz CT molecular complexity index is 2870. The molecule has 0 heterocycles. The zero-order valence-electron chi connectivity index (χ0n) is 26.8. The van der Waals surface area contributed by atoms with Gasteiger partial charge in [-0.25, -0.2) is 0 Å². The summed E-state index contributed by atoms with van der Waals surface area (Å²) in [7, 11) is 0. The summed E-state index contributed by atoms with van der Waals surface area (Å²) < 4.78 is 0.628. The van der Waals surface area contributed by atoms with Crippen LogP contribution < -0.4 is 0 Å². The minimum absolute atomic E-state index is 0.152. The monoisotopic (exact) mass is 760 g/mol. The number of halogens is 2. The van der Waals surface area contributed by atoms with Crippen molar-refractivity contribution in [1.82, 2.24) is 0 Å². The third-order valence-corrected chi connectivity index (χ3v) is 15.3. The molecule has 2 bridgehead atoms. The molecule has 0 spiro atoms. The molecule has 0 N–H and O–H groups in total. The summed E-state index contributed by atoms with van der Waals surface area (Å²) >= 11 is 9.32. The molecule has 0 saturated heterocycles. The van der Waals surface area contributed by atoms with Crippen LogP contribution in [0.3, 0.4) is 0 Å². The molecule has 7 aromatic rings. The Labute approximate surface area is 307 Å². The van der Waals surface area contributed by atoms with Crippen molar-refractivity contribution in [2.24, 2.45) is 0 Å². The molecule has 0 aromatic heterocycles. The Morgan fingerprint density at radius 1 is 0.460 bits per heavy atom. The molecule has 4 atom stereocenters. The van der Waals surface area contributed by atoms with Crippen LogP contribution in [0, 0.1) is 0 Å². The average molecular weight is 763 g/mol. The lowest BCUT2D eigenvalue weighted by molar-refractivity contribution is 0.486. The molecule has 6 aliphatic rings. The van der Waals surface area contributed by atoms with Crippen molar-refractivity contribution in [3.63, 3.8) is 0 Å². The second-order valence-electron chi connectivity index (χ2n) is 14.7. The van der Waals surface area contributed by atoms with Crippen LogP contribution in [0.25, 0.3) is 43.1 Å². The van der Waals surface area contributed by atoms with E-state index in [1.165, 1.54) is 110 Å². The number of hydrogen-bond acceptors (Lipinski definition) is 0. The van der Waals surface area contributed by atoms with E-state index in [0.717, 1.165) is 0 Å². The number of hydrogen-bond donors (Lipinski definition) is 0. The molecule has 6 aliphatic carbocycles. The first-order chi connectivity index (χ1) is 24.7. The lowest BCUT2D eigenvalue weighted by Gasteiger charge is -2.53. The SMILES string of the molecule is BrC1=C2C3=C4c5ccccc5C3C3c5ccccc5-c5c3c3c(c6ccccc56)-c5ccccc5C3(Br)C2(c2ccccc21)c1ccccc14. The molecule has 0 saturated carbocycles. The van der Waals surface area contributed by atoms with E-state index < -0.39 is 9.74 Å². The summed E-state index contributed by atoms with van der Waals surface area (Å²) in [5, 5.41) is 2.70. The van der Waals surface area contributed by atoms with Gasteiger partial charge >= 0.3 is 0 Å². The highest BCUT2D eigenvalue weighted by Crippen LogP contribution is 2.79. The fraction of sp³-hybridized carbons (Fsp3) is 0.0833. The molecule has 4 unspecified atom stereocenters. The van der Waals surface area contributed by atoms with E-state index in [2.05, 4.69) is 162 Å². The molecule has 232 valence electrons. The number of rotatable bonds is 0. The maximum absolute atomic E-state index is 4.92. The van der Waals surface area contributed by atoms with Crippen LogP contribution in [0.5, 0.6) is 0 Å². The van der Waals surface area contributed by atoms with Gasteiger partial charge in [-0.1, -0.05) is 162 Å². The molecule has 2 heteroatoms. The van der Waals surface area contributed by atoms with Crippen molar-refractivity contribution >= 4 is 52.7 Å². The van der Waals surface area contributed by atoms with Gasteiger partial charge in [-0.2, -0.15) is 0 Å². The second-order valence-corrected chi connectivity index (χ2v) is 16.7. The summed E-state index contributed by atoms with van der Waals surface area (Å²) in [6.45, 7) is 0. The predicted molar refractivity (Wildman–Crippen MR) is 211 cm³/mol. The van der Waals surface area contributed by atoms with E-state index in [9.17, 15) is 0 Å². The van der Waals surface area contributed by atoms with Crippen molar-refractivity contribution < 1.29 is 0 Å². The molecule has 0 fully saturated rings. The first-order valence-electron chi connectivity index (χ1n) is 17.6. The highest BCUT2D eigenvalue weighted by molar-refractivity contribution is 9.15. The van der Waals surface area contributed by atoms with Crippen molar-refractivity contribution in [2.75, 3.05) is 0 Å². The minimum Gasteiger partial charge on any atom is -0.0731 e. The van der Waals surface area contributed by atoms with Crippen molar-refractivity contribution in [1.29, 1.82) is 0 Å². The molecule has 13 rings (SSSR count). The van der Waals surface area contributed by atoms with Gasteiger partial charge in [0.2, 0.25) is 0 Å². The van der Waals surface area contributed by atoms with Gasteiger partial charge in [-0.05, 0) is 121 Å². The van der Waals surface area contributed by atoms with Gasteiger partial charge < -0.3 is 0 Å². The molecule has 0 radical (unpaired) electrons. The Morgan fingerprint density at radius 2 is 0.980 bits per heavy atom. The summed E-state index contributed by atoms with van der Waals surface area (Å²) in [5.74, 6) is 0.304. The molecule has 0 aliphatic heterocycles. The zero-order chi connectivity index (χ0) is 32.7. The number of allylic oxidation sites excluding steroid dienone is 2. The lowest BCUT2D eigenvalue weighted by atomic mass is 9.52. The van der Waals surface area contributed by atoms with Gasteiger partial charge in [0.15, 0.2) is 0 Å². The molecule has 0 amide bonds. The van der Waals surface area contributed by atoms with Crippen LogP contribution >= 0.6 is 31.9 Å². The fourth-order valence-electron chi connectivity index (χ4n) is 11.7. The van der Waals surface area contributed by atoms with Gasteiger partial charge in [0.25, 0.3) is 0 Å². The van der Waals surface area contributed by atoms with E-state index in [-0.39, 0.29) is 11.8 Å². The van der Waals surface area contributed by atoms with Gasteiger partial charge in [-0.15, -0.1) is 0 Å². The second kappa shape index (κ2) is 8.75. The Kier molecular flexibility index (Phi) is 4.73. The highest BCUT2D eigenvalue weighted by Gasteiger charge is 2.70. The van der Waals surface area contributed by atoms with E-state index in [1.807, 2.05) is 0 Å². The summed E-state index contributed by atoms with van der Waals surface area (Å²) in [6.07, 6.45) is 0. The van der Waals surface area contributed by atoms with E-state index in [1.54, 1.807) is 0 Å². The first-order valence-corrected chi connectivity index (χ1v) is 19.2. The van der Waals surface area contributed by atoms with Gasteiger partial charge in [0.05, 0.1) is 9.74 Å². The topological polar surface area (TPSA) is 0 Å². The number of fused-ring (bicyclic) bond motifs is 16. The maximum Gasteiger partial charge on any atom is 0.0948 e. The summed E-state index contributed by atoms with van der Waals surface area (Å²) in [5.41, 5.74) is 23.3. The minimum atomic E-state index is -0.602. The van der Waals surface area contributed by atoms with E-state index >= 15 is 0 Å². The lowest BCUT2D eigenvalue weighted by Crippen LogP contribution is -2.50. The largest absolute Gasteiger partial charge is 0.0948 e. The molecule has 7 aromatic carbocycles. The zero-order valence-corrected chi connectivity index (χ0v) is 29.9. The van der Waals surface area contributed by atoms with Crippen molar-refractivity contribution in [3.8, 4) is 22.3 Å². The average Bonchev–Trinajstić information content (AvgIpc) is 3.85. The van der Waals surface area contributed by atoms with E-state index in [4.69, 9.17) is 15.9 Å². The van der Waals surface area contributed by atoms with Gasteiger partial charge in [0.1, 0.15) is 0 Å².